The number of allylic oxidation sites excluding steroid dienone is 1. The minimum atomic E-state index is -0.0487. The van der Waals surface area contributed by atoms with Gasteiger partial charge >= 0.3 is 0 Å². The van der Waals surface area contributed by atoms with Crippen LogP contribution in [0.5, 0.6) is 0 Å². The molecule has 2 aliphatic rings. The molecule has 350 valence electrons. The van der Waals surface area contributed by atoms with Crippen molar-refractivity contribution < 1.29 is 0 Å². The van der Waals surface area contributed by atoms with E-state index in [1.54, 1.807) is 0 Å². The zero-order valence-corrected chi connectivity index (χ0v) is 45.1. The molecule has 0 radical (unpaired) electrons. The van der Waals surface area contributed by atoms with Gasteiger partial charge < -0.3 is 14.2 Å². The average molecular weight is 924 g/mol. The third-order valence-electron chi connectivity index (χ3n) is 15.8. The Morgan fingerprint density at radius 1 is 0.536 bits per heavy atom. The molecule has 0 unspecified atom stereocenters. The number of hydrogen-bond donors (Lipinski definition) is 0. The molecule has 0 saturated heterocycles. The highest BCUT2D eigenvalue weighted by Gasteiger charge is 2.49. The van der Waals surface area contributed by atoms with Gasteiger partial charge in [0, 0.05) is 59.3 Å². The maximum Gasteiger partial charge on any atom is 0.264 e. The van der Waals surface area contributed by atoms with Crippen LogP contribution in [0.15, 0.2) is 115 Å². The molecule has 0 N–H and O–H groups in total. The lowest BCUT2D eigenvalue weighted by Gasteiger charge is -2.44. The number of hydrogen-bond acceptors (Lipinski definition) is 3. The molecule has 0 spiro atoms. The van der Waals surface area contributed by atoms with Crippen LogP contribution in [0.25, 0.3) is 43.4 Å². The quantitative estimate of drug-likeness (QED) is 0.164. The summed E-state index contributed by atoms with van der Waals surface area (Å²) in [6, 6.07) is 43.1. The van der Waals surface area contributed by atoms with E-state index in [9.17, 15) is 0 Å². The molecular weight excluding hydrogens is 854 g/mol. The van der Waals surface area contributed by atoms with Gasteiger partial charge in [-0.15, -0.1) is 11.3 Å². The molecule has 3 aromatic heterocycles. The number of nitrogens with zero attached hydrogens (tertiary/aromatic N) is 3. The van der Waals surface area contributed by atoms with Crippen LogP contribution in [0, 0.1) is 12.3 Å². The molecule has 0 aliphatic carbocycles. The standard InChI is InChI=1S/C64H70BN3S/c1-37(60(3,4)5)34-46-38(2)66-49-32-26-41(63(12,13)14)35-47(49)53-56(66)52(46)57-54-58(53)68(44-30-24-40(25-31-44)62(9,10)11)55-45-20-18-19-21-51(45)69-59(55)65(54)48-36-42(64(15,16)17)27-33-50(48)67(57)43-28-22-39(23-29-43)61(6,7)8/h18-36H,1-17H3/b37-34+. The Hall–Kier alpha value is -5.78. The SMILES string of the molecule is C/C(=C\c1c(C)n2c3ccc(C(C)(C)C)cc3c3c4c5c(c1c32)N(c1ccc(C(C)(C)C)cc1)c1ccc(C(C)(C)C)cc1B5c1sc2ccccc2c1N4c1ccc(C(C)(C)C)cc1)C(C)(C)C. The predicted octanol–water partition coefficient (Wildman–Crippen LogP) is 16.9. The van der Waals surface area contributed by atoms with Crippen LogP contribution in [-0.4, -0.2) is 11.1 Å². The first kappa shape index (κ1) is 45.7. The van der Waals surface area contributed by atoms with E-state index in [2.05, 4.69) is 247 Å². The minimum Gasteiger partial charge on any atom is -0.312 e. The molecular formula is C64H70BN3S. The first-order valence-corrected chi connectivity index (χ1v) is 26.1. The number of benzene rings is 6. The van der Waals surface area contributed by atoms with Crippen LogP contribution in [-0.2, 0) is 21.7 Å². The second kappa shape index (κ2) is 14.9. The van der Waals surface area contributed by atoms with Gasteiger partial charge in [-0.1, -0.05) is 176 Å². The number of rotatable bonds is 3. The van der Waals surface area contributed by atoms with Crippen molar-refractivity contribution in [2.45, 2.75) is 139 Å². The van der Waals surface area contributed by atoms with Crippen molar-refractivity contribution in [3.8, 4) is 0 Å². The zero-order chi connectivity index (χ0) is 49.2. The summed E-state index contributed by atoms with van der Waals surface area (Å²) >= 11 is 1.99. The van der Waals surface area contributed by atoms with Crippen LogP contribution in [0.4, 0.5) is 34.1 Å². The second-order valence-corrected chi connectivity index (χ2v) is 26.7. The van der Waals surface area contributed by atoms with Crippen LogP contribution in [0.1, 0.15) is 144 Å². The smallest absolute Gasteiger partial charge is 0.264 e. The molecule has 11 rings (SSSR count). The Kier molecular flexibility index (Phi) is 9.84. The maximum absolute atomic E-state index is 2.71. The number of anilines is 6. The number of aromatic nitrogens is 1. The van der Waals surface area contributed by atoms with Crippen LogP contribution < -0.4 is 25.5 Å². The fraction of sp³-hybridized carbons (Fsp3) is 0.344. The Morgan fingerprint density at radius 3 is 1.64 bits per heavy atom. The maximum atomic E-state index is 2.71. The van der Waals surface area contributed by atoms with E-state index >= 15 is 0 Å². The van der Waals surface area contributed by atoms with E-state index in [0.717, 1.165) is 0 Å². The summed E-state index contributed by atoms with van der Waals surface area (Å²) in [5.41, 5.74) is 22.2. The van der Waals surface area contributed by atoms with Gasteiger partial charge in [-0.25, -0.2) is 0 Å². The fourth-order valence-corrected chi connectivity index (χ4v) is 12.6. The molecule has 0 saturated carbocycles. The third kappa shape index (κ3) is 6.87. The Balaban J connectivity index is 1.43. The number of fused-ring (bicyclic) bond motifs is 11. The number of thiophene rings is 1. The molecule has 3 nitrogen and oxygen atoms in total. The molecule has 2 aliphatic heterocycles. The topological polar surface area (TPSA) is 10.9 Å². The highest BCUT2D eigenvalue weighted by Crippen LogP contribution is 2.56. The Labute approximate surface area is 416 Å². The fourth-order valence-electron chi connectivity index (χ4n) is 11.3. The van der Waals surface area contributed by atoms with Gasteiger partial charge in [0.2, 0.25) is 0 Å². The van der Waals surface area contributed by atoms with Crippen molar-refractivity contribution in [1.82, 2.24) is 4.40 Å². The third-order valence-corrected chi connectivity index (χ3v) is 17.1. The molecule has 0 amide bonds. The average Bonchev–Trinajstić information content (AvgIpc) is 3.91. The predicted molar refractivity (Wildman–Crippen MR) is 306 cm³/mol. The number of aryl methyl sites for hydroxylation is 1. The Morgan fingerprint density at radius 2 is 1.06 bits per heavy atom. The van der Waals surface area contributed by atoms with Gasteiger partial charge in [-0.05, 0) is 123 Å². The molecule has 0 atom stereocenters. The normalized spacial score (nSPS) is 14.7. The van der Waals surface area contributed by atoms with E-state index in [1.165, 1.54) is 126 Å². The van der Waals surface area contributed by atoms with E-state index in [-0.39, 0.29) is 33.8 Å². The zero-order valence-electron chi connectivity index (χ0n) is 44.3. The summed E-state index contributed by atoms with van der Waals surface area (Å²) in [6.07, 6.45) is 2.54. The summed E-state index contributed by atoms with van der Waals surface area (Å²) in [7, 11) is 0. The van der Waals surface area contributed by atoms with Crippen molar-refractivity contribution in [1.29, 1.82) is 0 Å². The van der Waals surface area contributed by atoms with E-state index < -0.39 is 0 Å². The van der Waals surface area contributed by atoms with Crippen molar-refractivity contribution >= 4 is 111 Å². The van der Waals surface area contributed by atoms with E-state index in [0.29, 0.717) is 0 Å². The molecule has 9 aromatic rings. The van der Waals surface area contributed by atoms with Gasteiger partial charge in [-0.3, -0.25) is 0 Å². The molecule has 5 heterocycles. The van der Waals surface area contributed by atoms with Crippen LogP contribution in [0.2, 0.25) is 0 Å². The highest BCUT2D eigenvalue weighted by molar-refractivity contribution is 7.33. The van der Waals surface area contributed by atoms with Crippen LogP contribution in [0.3, 0.4) is 0 Å². The van der Waals surface area contributed by atoms with Crippen molar-refractivity contribution in [3.05, 3.63) is 148 Å². The highest BCUT2D eigenvalue weighted by atomic mass is 32.1. The monoisotopic (exact) mass is 924 g/mol. The van der Waals surface area contributed by atoms with Gasteiger partial charge in [0.05, 0.1) is 28.1 Å². The molecule has 6 aromatic carbocycles. The van der Waals surface area contributed by atoms with Gasteiger partial charge in [0.25, 0.3) is 6.71 Å². The molecule has 0 fully saturated rings. The molecule has 5 heteroatoms. The molecule has 0 bridgehead atoms. The van der Waals surface area contributed by atoms with E-state index in [1.807, 2.05) is 11.3 Å². The Bertz CT molecular complexity index is 3580. The summed E-state index contributed by atoms with van der Waals surface area (Å²) in [5.74, 6) is 0. The summed E-state index contributed by atoms with van der Waals surface area (Å²) < 4.78 is 5.37. The lowest BCUT2D eigenvalue weighted by atomic mass is 9.35. The summed E-state index contributed by atoms with van der Waals surface area (Å²) in [6.45, 7) is 39.9. The first-order valence-electron chi connectivity index (χ1n) is 25.3. The van der Waals surface area contributed by atoms with E-state index in [4.69, 9.17) is 0 Å². The lowest BCUT2D eigenvalue weighted by molar-refractivity contribution is 0.508. The van der Waals surface area contributed by atoms with Gasteiger partial charge in [-0.2, -0.15) is 0 Å². The van der Waals surface area contributed by atoms with Gasteiger partial charge in [0.1, 0.15) is 0 Å². The first-order chi connectivity index (χ1) is 32.2. The van der Waals surface area contributed by atoms with Crippen LogP contribution >= 0.6 is 11.3 Å². The van der Waals surface area contributed by atoms with Crippen molar-refractivity contribution in [3.63, 3.8) is 0 Å². The van der Waals surface area contributed by atoms with Crippen molar-refractivity contribution in [2.75, 3.05) is 9.80 Å². The van der Waals surface area contributed by atoms with Gasteiger partial charge in [0.15, 0.2) is 0 Å². The minimum absolute atomic E-state index is 0.0122. The second-order valence-electron chi connectivity index (χ2n) is 25.6. The lowest BCUT2D eigenvalue weighted by Crippen LogP contribution is -2.60. The summed E-state index contributed by atoms with van der Waals surface area (Å²) in [5, 5.41) is 5.30. The largest absolute Gasteiger partial charge is 0.312 e. The molecule has 69 heavy (non-hydrogen) atoms. The summed E-state index contributed by atoms with van der Waals surface area (Å²) in [4.78, 5) is 5.39. The van der Waals surface area contributed by atoms with Crippen molar-refractivity contribution in [2.24, 2.45) is 5.41 Å².